The van der Waals surface area contributed by atoms with Gasteiger partial charge in [0.1, 0.15) is 0 Å². The summed E-state index contributed by atoms with van der Waals surface area (Å²) in [5, 5.41) is 2.25. The van der Waals surface area contributed by atoms with Crippen LogP contribution in [0.4, 0.5) is 0 Å². The van der Waals surface area contributed by atoms with Crippen molar-refractivity contribution in [3.8, 4) is 11.3 Å². The van der Waals surface area contributed by atoms with Gasteiger partial charge in [-0.1, -0.05) is 53.5 Å². The Hall–Kier alpha value is -0.960. The van der Waals surface area contributed by atoms with Crippen molar-refractivity contribution >= 4 is 50.0 Å². The third kappa shape index (κ3) is 1.95. The predicted molar refractivity (Wildman–Crippen MR) is 81.5 cm³/mol. The topological polar surface area (TPSA) is 15.8 Å². The molecule has 0 unspecified atom stereocenters. The SMILES string of the molecule is Clc1cc(Cl)c2[nH]c(-c3ccccc3)c(Br)c2c1. The van der Waals surface area contributed by atoms with Crippen LogP contribution >= 0.6 is 39.1 Å². The van der Waals surface area contributed by atoms with Crippen molar-refractivity contribution < 1.29 is 0 Å². The lowest BCUT2D eigenvalue weighted by molar-refractivity contribution is 1.44. The molecule has 3 rings (SSSR count). The van der Waals surface area contributed by atoms with Crippen LogP contribution in [0.25, 0.3) is 22.2 Å². The maximum atomic E-state index is 6.20. The molecule has 1 nitrogen and oxygen atoms in total. The van der Waals surface area contributed by atoms with Gasteiger partial charge in [0, 0.05) is 10.4 Å². The Bertz CT molecular complexity index is 719. The molecule has 0 saturated carbocycles. The molecule has 4 heteroatoms. The van der Waals surface area contributed by atoms with E-state index in [0.29, 0.717) is 10.0 Å². The molecule has 1 aromatic heterocycles. The van der Waals surface area contributed by atoms with E-state index in [2.05, 4.69) is 20.9 Å². The van der Waals surface area contributed by atoms with Crippen molar-refractivity contribution in [1.82, 2.24) is 4.98 Å². The Balaban J connectivity index is 2.33. The van der Waals surface area contributed by atoms with Crippen LogP contribution in [0.3, 0.4) is 0 Å². The minimum absolute atomic E-state index is 0.625. The highest BCUT2D eigenvalue weighted by atomic mass is 79.9. The van der Waals surface area contributed by atoms with Gasteiger partial charge in [0.25, 0.3) is 0 Å². The molecule has 0 amide bonds. The fourth-order valence-corrected chi connectivity index (χ4v) is 3.17. The van der Waals surface area contributed by atoms with Gasteiger partial charge in [-0.2, -0.15) is 0 Å². The Morgan fingerprint density at radius 1 is 1.00 bits per heavy atom. The van der Waals surface area contributed by atoms with E-state index >= 15 is 0 Å². The third-order valence-corrected chi connectivity index (χ3v) is 4.16. The Morgan fingerprint density at radius 3 is 2.44 bits per heavy atom. The van der Waals surface area contributed by atoms with Crippen LogP contribution in [-0.2, 0) is 0 Å². The van der Waals surface area contributed by atoms with E-state index in [1.54, 1.807) is 6.07 Å². The van der Waals surface area contributed by atoms with Crippen LogP contribution in [0.1, 0.15) is 0 Å². The second-order valence-corrected chi connectivity index (χ2v) is 5.63. The van der Waals surface area contributed by atoms with Gasteiger partial charge in [-0.25, -0.2) is 0 Å². The second kappa shape index (κ2) is 4.61. The summed E-state index contributed by atoms with van der Waals surface area (Å²) < 4.78 is 0.980. The molecule has 0 fully saturated rings. The molecular weight excluding hydrogens is 333 g/mol. The maximum Gasteiger partial charge on any atom is 0.0662 e. The van der Waals surface area contributed by atoms with Crippen LogP contribution in [0.2, 0.25) is 10.0 Å². The lowest BCUT2D eigenvalue weighted by atomic mass is 10.1. The van der Waals surface area contributed by atoms with Gasteiger partial charge in [0.15, 0.2) is 0 Å². The fraction of sp³-hybridized carbons (Fsp3) is 0. The molecule has 0 aliphatic carbocycles. The predicted octanol–water partition coefficient (Wildman–Crippen LogP) is 5.90. The lowest BCUT2D eigenvalue weighted by Crippen LogP contribution is -1.76. The molecule has 0 atom stereocenters. The van der Waals surface area contributed by atoms with Crippen molar-refractivity contribution in [3.05, 3.63) is 57.0 Å². The molecule has 18 heavy (non-hydrogen) atoms. The number of fused-ring (bicyclic) bond motifs is 1. The van der Waals surface area contributed by atoms with Crippen molar-refractivity contribution in [1.29, 1.82) is 0 Å². The maximum absolute atomic E-state index is 6.20. The molecule has 0 saturated heterocycles. The molecule has 3 aromatic rings. The van der Waals surface area contributed by atoms with Gasteiger partial charge in [-0.05, 0) is 33.6 Å². The van der Waals surface area contributed by atoms with Gasteiger partial charge >= 0.3 is 0 Å². The first kappa shape index (κ1) is 12.1. The molecular formula is C14H8BrCl2N. The number of nitrogens with one attached hydrogen (secondary N) is 1. The van der Waals surface area contributed by atoms with Crippen molar-refractivity contribution in [2.24, 2.45) is 0 Å². The second-order valence-electron chi connectivity index (χ2n) is 3.99. The summed E-state index contributed by atoms with van der Waals surface area (Å²) in [5.41, 5.74) is 3.01. The first-order chi connectivity index (χ1) is 8.66. The molecule has 1 heterocycles. The molecule has 1 N–H and O–H groups in total. The summed E-state index contributed by atoms with van der Waals surface area (Å²) in [7, 11) is 0. The van der Waals surface area contributed by atoms with Crippen molar-refractivity contribution in [2.75, 3.05) is 0 Å². The highest BCUT2D eigenvalue weighted by Gasteiger charge is 2.13. The molecule has 90 valence electrons. The normalized spacial score (nSPS) is 11.1. The van der Waals surface area contributed by atoms with Crippen molar-refractivity contribution in [2.45, 2.75) is 0 Å². The zero-order valence-electron chi connectivity index (χ0n) is 9.18. The van der Waals surface area contributed by atoms with E-state index in [1.807, 2.05) is 36.4 Å². The molecule has 0 spiro atoms. The highest BCUT2D eigenvalue weighted by Crippen LogP contribution is 2.38. The van der Waals surface area contributed by atoms with Gasteiger partial charge < -0.3 is 4.98 Å². The minimum atomic E-state index is 0.625. The number of benzene rings is 2. The van der Waals surface area contributed by atoms with Crippen LogP contribution in [0.5, 0.6) is 0 Å². The minimum Gasteiger partial charge on any atom is -0.352 e. The highest BCUT2D eigenvalue weighted by molar-refractivity contribution is 9.10. The summed E-state index contributed by atoms with van der Waals surface area (Å²) in [6, 6.07) is 13.7. The molecule has 0 aliphatic heterocycles. The molecule has 0 aliphatic rings. The summed E-state index contributed by atoms with van der Waals surface area (Å²) in [4.78, 5) is 3.34. The monoisotopic (exact) mass is 339 g/mol. The van der Waals surface area contributed by atoms with Gasteiger partial charge in [-0.3, -0.25) is 0 Å². The summed E-state index contributed by atoms with van der Waals surface area (Å²) in [5.74, 6) is 0. The first-order valence-corrected chi connectivity index (χ1v) is 6.93. The molecule has 0 bridgehead atoms. The van der Waals surface area contributed by atoms with Crippen LogP contribution in [-0.4, -0.2) is 4.98 Å². The lowest BCUT2D eigenvalue weighted by Gasteiger charge is -1.97. The average molecular weight is 341 g/mol. The number of aromatic amines is 1. The number of aromatic nitrogens is 1. The Kier molecular flexibility index (Phi) is 3.10. The zero-order valence-corrected chi connectivity index (χ0v) is 12.3. The van der Waals surface area contributed by atoms with Crippen LogP contribution in [0, 0.1) is 0 Å². The van der Waals surface area contributed by atoms with E-state index < -0.39 is 0 Å². The Labute approximate surface area is 123 Å². The van der Waals surface area contributed by atoms with Gasteiger partial charge in [0.2, 0.25) is 0 Å². The summed E-state index contributed by atoms with van der Waals surface area (Å²) in [6.07, 6.45) is 0. The van der Waals surface area contributed by atoms with E-state index in [4.69, 9.17) is 23.2 Å². The van der Waals surface area contributed by atoms with Crippen molar-refractivity contribution in [3.63, 3.8) is 0 Å². The zero-order chi connectivity index (χ0) is 12.7. The molecule has 2 aromatic carbocycles. The van der Waals surface area contributed by atoms with Crippen LogP contribution < -0.4 is 0 Å². The van der Waals surface area contributed by atoms with Crippen LogP contribution in [0.15, 0.2) is 46.9 Å². The Morgan fingerprint density at radius 2 is 1.72 bits per heavy atom. The number of halogens is 3. The quantitative estimate of drug-likeness (QED) is 0.567. The van der Waals surface area contributed by atoms with Gasteiger partial charge in [0.05, 0.1) is 20.7 Å². The number of H-pyrrole nitrogens is 1. The fourth-order valence-electron chi connectivity index (χ4n) is 1.99. The molecule has 0 radical (unpaired) electrons. The number of hydrogen-bond donors (Lipinski definition) is 1. The summed E-state index contributed by atoms with van der Waals surface area (Å²) >= 11 is 15.8. The van der Waals surface area contributed by atoms with Gasteiger partial charge in [-0.15, -0.1) is 0 Å². The number of hydrogen-bond acceptors (Lipinski definition) is 0. The largest absolute Gasteiger partial charge is 0.352 e. The van der Waals surface area contributed by atoms with E-state index in [1.165, 1.54) is 0 Å². The standard InChI is InChI=1S/C14H8BrCl2N/c15-12-10-6-9(16)7-11(17)14(10)18-13(12)8-4-2-1-3-5-8/h1-7,18H. The summed E-state index contributed by atoms with van der Waals surface area (Å²) in [6.45, 7) is 0. The smallest absolute Gasteiger partial charge is 0.0662 e. The first-order valence-electron chi connectivity index (χ1n) is 5.38. The average Bonchev–Trinajstić information content (AvgIpc) is 2.69. The number of rotatable bonds is 1. The van der Waals surface area contributed by atoms with E-state index in [-0.39, 0.29) is 0 Å². The third-order valence-electron chi connectivity index (χ3n) is 2.82. The van der Waals surface area contributed by atoms with E-state index in [9.17, 15) is 0 Å². The van der Waals surface area contributed by atoms with E-state index in [0.717, 1.165) is 26.6 Å².